The van der Waals surface area contributed by atoms with Crippen LogP contribution in [0.3, 0.4) is 0 Å². The lowest BCUT2D eigenvalue weighted by Gasteiger charge is -2.27. The minimum absolute atomic E-state index is 0.0951. The lowest BCUT2D eigenvalue weighted by molar-refractivity contribution is -0.113. The molecule has 140 valence electrons. The number of carbonyl (C=O) groups excluding carboxylic acids is 1. The summed E-state index contributed by atoms with van der Waals surface area (Å²) in [6, 6.07) is 7.99. The molecule has 0 saturated carbocycles. The van der Waals surface area contributed by atoms with Crippen molar-refractivity contribution >= 4 is 50.2 Å². The number of aromatic nitrogens is 3. The van der Waals surface area contributed by atoms with E-state index in [1.165, 1.54) is 28.7 Å². The first-order valence-corrected chi connectivity index (χ1v) is 10.4. The molecule has 1 aliphatic rings. The molecule has 1 N–H and O–H groups in total. The van der Waals surface area contributed by atoms with Crippen molar-refractivity contribution in [2.24, 2.45) is 0 Å². The molecule has 0 aliphatic carbocycles. The molecule has 0 atom stereocenters. The summed E-state index contributed by atoms with van der Waals surface area (Å²) in [5, 5.41) is 4.28. The Bertz CT molecular complexity index is 956. The quantitative estimate of drug-likeness (QED) is 0.520. The second-order valence-electron chi connectivity index (χ2n) is 6.14. The van der Waals surface area contributed by atoms with Crippen molar-refractivity contribution in [2.45, 2.75) is 11.9 Å². The Morgan fingerprint density at radius 1 is 1.30 bits per heavy atom. The van der Waals surface area contributed by atoms with E-state index in [-0.39, 0.29) is 11.7 Å². The Hall–Kier alpha value is -2.23. The summed E-state index contributed by atoms with van der Waals surface area (Å²) in [5.41, 5.74) is 2.08. The molecule has 27 heavy (non-hydrogen) atoms. The molecule has 3 heterocycles. The Kier molecular flexibility index (Phi) is 5.51. The minimum Gasteiger partial charge on any atom is -0.378 e. The lowest BCUT2D eigenvalue weighted by atomic mass is 10.2. The van der Waals surface area contributed by atoms with Crippen LogP contribution in [0.2, 0.25) is 0 Å². The summed E-state index contributed by atoms with van der Waals surface area (Å²) < 4.78 is 6.44. The first-order valence-electron chi connectivity index (χ1n) is 8.62. The standard InChI is InChI=1S/C18H19N5O2S2/c1-12-2-3-13-14(8-12)27-18(21-13)22-16(24)10-26-17-9-15(19-11-20-17)23-4-6-25-7-5-23/h2-3,8-9,11H,4-7,10H2,1H3,(H,21,22,24). The van der Waals surface area contributed by atoms with E-state index in [0.717, 1.165) is 34.1 Å². The molecule has 0 unspecified atom stereocenters. The summed E-state index contributed by atoms with van der Waals surface area (Å²) in [4.78, 5) is 27.5. The van der Waals surface area contributed by atoms with Gasteiger partial charge in [0.15, 0.2) is 5.13 Å². The molecule has 7 nitrogen and oxygen atoms in total. The van der Waals surface area contributed by atoms with E-state index < -0.39 is 0 Å². The highest BCUT2D eigenvalue weighted by Crippen LogP contribution is 2.27. The fourth-order valence-corrected chi connectivity index (χ4v) is 4.40. The zero-order chi connectivity index (χ0) is 18.6. The van der Waals surface area contributed by atoms with E-state index in [2.05, 4.69) is 31.2 Å². The van der Waals surface area contributed by atoms with E-state index in [0.29, 0.717) is 18.3 Å². The topological polar surface area (TPSA) is 80.2 Å². The van der Waals surface area contributed by atoms with Crippen LogP contribution in [0.25, 0.3) is 10.2 Å². The first-order chi connectivity index (χ1) is 13.2. The number of aryl methyl sites for hydroxylation is 1. The zero-order valence-electron chi connectivity index (χ0n) is 14.8. The molecule has 1 fully saturated rings. The first kappa shape index (κ1) is 18.1. The van der Waals surface area contributed by atoms with Crippen LogP contribution in [0.1, 0.15) is 5.56 Å². The van der Waals surface area contributed by atoms with Gasteiger partial charge in [0.25, 0.3) is 0 Å². The molecule has 0 spiro atoms. The molecule has 1 aliphatic heterocycles. The maximum Gasteiger partial charge on any atom is 0.236 e. The van der Waals surface area contributed by atoms with Crippen molar-refractivity contribution in [1.82, 2.24) is 15.0 Å². The summed E-state index contributed by atoms with van der Waals surface area (Å²) >= 11 is 2.88. The molecular formula is C18H19N5O2S2. The van der Waals surface area contributed by atoms with E-state index in [1.54, 1.807) is 6.33 Å². The highest BCUT2D eigenvalue weighted by molar-refractivity contribution is 7.99. The highest BCUT2D eigenvalue weighted by atomic mass is 32.2. The zero-order valence-corrected chi connectivity index (χ0v) is 16.5. The van der Waals surface area contributed by atoms with Gasteiger partial charge in [-0.15, -0.1) is 0 Å². The molecule has 1 amide bonds. The van der Waals surface area contributed by atoms with Gasteiger partial charge in [-0.2, -0.15) is 0 Å². The van der Waals surface area contributed by atoms with Crippen LogP contribution in [0.15, 0.2) is 35.6 Å². The number of rotatable bonds is 5. The third-order valence-electron chi connectivity index (χ3n) is 4.10. The van der Waals surface area contributed by atoms with Gasteiger partial charge >= 0.3 is 0 Å². The van der Waals surface area contributed by atoms with Crippen LogP contribution in [-0.2, 0) is 9.53 Å². The number of hydrogen-bond acceptors (Lipinski definition) is 8. The van der Waals surface area contributed by atoms with E-state index in [4.69, 9.17) is 4.74 Å². The molecule has 9 heteroatoms. The molecule has 4 rings (SSSR count). The number of ether oxygens (including phenoxy) is 1. The Balaban J connectivity index is 1.35. The predicted octanol–water partition coefficient (Wildman–Crippen LogP) is 2.96. The normalized spacial score (nSPS) is 14.5. The number of nitrogens with one attached hydrogen (secondary N) is 1. The SMILES string of the molecule is Cc1ccc2nc(NC(=O)CSc3cc(N4CCOCC4)ncn3)sc2c1. The number of amides is 1. The summed E-state index contributed by atoms with van der Waals surface area (Å²) in [7, 11) is 0. The number of thioether (sulfide) groups is 1. The van der Waals surface area contributed by atoms with Crippen LogP contribution in [-0.4, -0.2) is 52.9 Å². The largest absolute Gasteiger partial charge is 0.378 e. The van der Waals surface area contributed by atoms with Crippen molar-refractivity contribution in [2.75, 3.05) is 42.3 Å². The van der Waals surface area contributed by atoms with Gasteiger partial charge in [-0.05, 0) is 24.6 Å². The number of morpholine rings is 1. The van der Waals surface area contributed by atoms with E-state index in [1.807, 2.05) is 25.1 Å². The van der Waals surface area contributed by atoms with Crippen molar-refractivity contribution in [3.05, 3.63) is 36.2 Å². The number of fused-ring (bicyclic) bond motifs is 1. The molecule has 2 aromatic heterocycles. The maximum absolute atomic E-state index is 12.3. The average molecular weight is 402 g/mol. The van der Waals surface area contributed by atoms with Gasteiger partial charge < -0.3 is 15.0 Å². The number of hydrogen-bond donors (Lipinski definition) is 1. The number of thiazole rings is 1. The number of benzene rings is 1. The van der Waals surface area contributed by atoms with Crippen LogP contribution in [0.4, 0.5) is 10.9 Å². The highest BCUT2D eigenvalue weighted by Gasteiger charge is 2.14. The molecule has 0 bridgehead atoms. The number of carbonyl (C=O) groups is 1. The maximum atomic E-state index is 12.3. The second kappa shape index (κ2) is 8.20. The monoisotopic (exact) mass is 401 g/mol. The molecule has 1 saturated heterocycles. The fraction of sp³-hybridized carbons (Fsp3) is 0.333. The van der Waals surface area contributed by atoms with Gasteiger partial charge in [0.2, 0.25) is 5.91 Å². The van der Waals surface area contributed by atoms with E-state index >= 15 is 0 Å². The minimum atomic E-state index is -0.0951. The molecular weight excluding hydrogens is 382 g/mol. The van der Waals surface area contributed by atoms with Gasteiger partial charge in [-0.3, -0.25) is 4.79 Å². The summed E-state index contributed by atoms with van der Waals surface area (Å²) in [6.07, 6.45) is 1.54. The fourth-order valence-electron chi connectivity index (χ4n) is 2.75. The molecule has 1 aromatic carbocycles. The van der Waals surface area contributed by atoms with Crippen molar-refractivity contribution in [3.63, 3.8) is 0 Å². The third kappa shape index (κ3) is 4.55. The van der Waals surface area contributed by atoms with Crippen LogP contribution in [0.5, 0.6) is 0 Å². The number of nitrogens with zero attached hydrogens (tertiary/aromatic N) is 4. The van der Waals surface area contributed by atoms with Crippen LogP contribution in [0, 0.1) is 6.92 Å². The second-order valence-corrected chi connectivity index (χ2v) is 8.17. The smallest absolute Gasteiger partial charge is 0.236 e. The Morgan fingerprint density at radius 3 is 3.00 bits per heavy atom. The molecule has 3 aromatic rings. The van der Waals surface area contributed by atoms with Gasteiger partial charge in [0, 0.05) is 19.2 Å². The van der Waals surface area contributed by atoms with Gasteiger partial charge in [-0.25, -0.2) is 15.0 Å². The van der Waals surface area contributed by atoms with Gasteiger partial charge in [0.1, 0.15) is 17.2 Å². The van der Waals surface area contributed by atoms with Gasteiger partial charge in [0.05, 0.1) is 29.2 Å². The van der Waals surface area contributed by atoms with Crippen molar-refractivity contribution in [3.8, 4) is 0 Å². The predicted molar refractivity (Wildman–Crippen MR) is 109 cm³/mol. The van der Waals surface area contributed by atoms with E-state index in [9.17, 15) is 4.79 Å². The lowest BCUT2D eigenvalue weighted by Crippen LogP contribution is -2.36. The van der Waals surface area contributed by atoms with Crippen molar-refractivity contribution < 1.29 is 9.53 Å². The Morgan fingerprint density at radius 2 is 2.15 bits per heavy atom. The Labute approximate surface area is 165 Å². The van der Waals surface area contributed by atoms with Crippen LogP contribution >= 0.6 is 23.1 Å². The third-order valence-corrected chi connectivity index (χ3v) is 5.96. The summed E-state index contributed by atoms with van der Waals surface area (Å²) in [6.45, 7) is 5.09. The van der Waals surface area contributed by atoms with Crippen molar-refractivity contribution in [1.29, 1.82) is 0 Å². The van der Waals surface area contributed by atoms with Crippen LogP contribution < -0.4 is 10.2 Å². The average Bonchev–Trinajstić information content (AvgIpc) is 3.08. The summed E-state index contributed by atoms with van der Waals surface area (Å²) in [5.74, 6) is 1.05. The number of anilines is 2. The van der Waals surface area contributed by atoms with Gasteiger partial charge in [-0.1, -0.05) is 29.2 Å². The molecule has 0 radical (unpaired) electrons.